The number of nitrogens with zero attached hydrogens (tertiary/aromatic N) is 2. The third-order valence-electron chi connectivity index (χ3n) is 4.44. The SMILES string of the molecule is COc1ccccc1N[C@H](c1nnc(-c2cccc(F)c2)o1)c1ccc(F)cc1Cl. The number of nitrogens with one attached hydrogen (secondary N) is 1. The lowest BCUT2D eigenvalue weighted by Gasteiger charge is -2.20. The topological polar surface area (TPSA) is 60.2 Å². The molecule has 152 valence electrons. The van der Waals surface area contributed by atoms with Crippen LogP contribution in [0.1, 0.15) is 17.5 Å². The molecular weight excluding hydrogens is 412 g/mol. The highest BCUT2D eigenvalue weighted by molar-refractivity contribution is 6.31. The van der Waals surface area contributed by atoms with Crippen LogP contribution in [0.2, 0.25) is 5.02 Å². The Morgan fingerprint density at radius 1 is 0.967 bits per heavy atom. The minimum absolute atomic E-state index is 0.148. The van der Waals surface area contributed by atoms with Gasteiger partial charge >= 0.3 is 0 Å². The van der Waals surface area contributed by atoms with Gasteiger partial charge in [0.25, 0.3) is 0 Å². The standard InChI is InChI=1S/C22H16ClF2N3O2/c1-29-19-8-3-2-7-18(19)26-20(16-10-9-15(25)12-17(16)23)22-28-27-21(30-22)13-5-4-6-14(24)11-13/h2-12,20,26H,1H3/t20-/m0/s1. The molecule has 0 bridgehead atoms. The Bertz CT molecular complexity index is 1180. The number of hydrogen-bond acceptors (Lipinski definition) is 5. The molecule has 0 spiro atoms. The van der Waals surface area contributed by atoms with Crippen LogP contribution >= 0.6 is 11.6 Å². The first kappa shape index (κ1) is 19.8. The van der Waals surface area contributed by atoms with E-state index in [1.54, 1.807) is 25.3 Å². The predicted molar refractivity (Wildman–Crippen MR) is 110 cm³/mol. The summed E-state index contributed by atoms with van der Waals surface area (Å²) >= 11 is 6.31. The van der Waals surface area contributed by atoms with E-state index in [0.29, 0.717) is 22.6 Å². The van der Waals surface area contributed by atoms with Crippen LogP contribution in [0.25, 0.3) is 11.5 Å². The van der Waals surface area contributed by atoms with E-state index >= 15 is 0 Å². The van der Waals surface area contributed by atoms with Crippen molar-refractivity contribution >= 4 is 17.3 Å². The van der Waals surface area contributed by atoms with Gasteiger partial charge in [-0.05, 0) is 42.5 Å². The van der Waals surface area contributed by atoms with Crippen molar-refractivity contribution in [2.45, 2.75) is 6.04 Å². The summed E-state index contributed by atoms with van der Waals surface area (Å²) in [4.78, 5) is 0. The number of hydrogen-bond donors (Lipinski definition) is 1. The van der Waals surface area contributed by atoms with Crippen molar-refractivity contribution in [3.05, 3.63) is 94.8 Å². The predicted octanol–water partition coefficient (Wildman–Crippen LogP) is 5.88. The summed E-state index contributed by atoms with van der Waals surface area (Å²) < 4.78 is 38.4. The normalized spacial score (nSPS) is 11.9. The quantitative estimate of drug-likeness (QED) is 0.416. The fraction of sp³-hybridized carbons (Fsp3) is 0.0909. The van der Waals surface area contributed by atoms with E-state index in [1.807, 2.05) is 18.2 Å². The average molecular weight is 428 g/mol. The lowest BCUT2D eigenvalue weighted by atomic mass is 10.1. The number of para-hydroxylation sites is 2. The second kappa shape index (κ2) is 8.51. The molecule has 0 saturated carbocycles. The molecule has 1 N–H and O–H groups in total. The fourth-order valence-corrected chi connectivity index (χ4v) is 3.29. The van der Waals surface area contributed by atoms with Crippen molar-refractivity contribution < 1.29 is 17.9 Å². The average Bonchev–Trinajstić information content (AvgIpc) is 3.23. The van der Waals surface area contributed by atoms with Gasteiger partial charge in [0.05, 0.1) is 12.8 Å². The lowest BCUT2D eigenvalue weighted by molar-refractivity contribution is 0.415. The van der Waals surface area contributed by atoms with Gasteiger partial charge in [0.1, 0.15) is 23.4 Å². The molecule has 1 aromatic heterocycles. The fourth-order valence-electron chi connectivity index (χ4n) is 3.02. The molecule has 0 aliphatic heterocycles. The van der Waals surface area contributed by atoms with Crippen molar-refractivity contribution in [3.8, 4) is 17.2 Å². The minimum atomic E-state index is -0.704. The van der Waals surface area contributed by atoms with Gasteiger partial charge in [0, 0.05) is 16.1 Å². The first-order valence-electron chi connectivity index (χ1n) is 8.99. The number of ether oxygens (including phenoxy) is 1. The van der Waals surface area contributed by atoms with E-state index in [2.05, 4.69) is 15.5 Å². The summed E-state index contributed by atoms with van der Waals surface area (Å²) in [5.74, 6) is 0.0251. The van der Waals surface area contributed by atoms with Gasteiger partial charge in [-0.2, -0.15) is 0 Å². The Morgan fingerprint density at radius 2 is 1.77 bits per heavy atom. The van der Waals surface area contributed by atoms with Crippen LogP contribution in [-0.2, 0) is 0 Å². The summed E-state index contributed by atoms with van der Waals surface area (Å²) in [6, 6.07) is 16.4. The summed E-state index contributed by atoms with van der Waals surface area (Å²) in [6.45, 7) is 0. The third kappa shape index (κ3) is 4.11. The monoisotopic (exact) mass is 427 g/mol. The molecule has 4 rings (SSSR count). The zero-order chi connectivity index (χ0) is 21.1. The summed E-state index contributed by atoms with van der Waals surface area (Å²) in [5.41, 5.74) is 1.62. The van der Waals surface area contributed by atoms with Crippen LogP contribution in [0.3, 0.4) is 0 Å². The number of halogens is 3. The first-order valence-corrected chi connectivity index (χ1v) is 9.37. The zero-order valence-corrected chi connectivity index (χ0v) is 16.5. The van der Waals surface area contributed by atoms with Crippen LogP contribution in [-0.4, -0.2) is 17.3 Å². The van der Waals surface area contributed by atoms with Crippen molar-refractivity contribution in [1.29, 1.82) is 0 Å². The summed E-state index contributed by atoms with van der Waals surface area (Å²) in [6.07, 6.45) is 0. The van der Waals surface area contributed by atoms with E-state index < -0.39 is 17.7 Å². The van der Waals surface area contributed by atoms with Gasteiger partial charge in [-0.1, -0.05) is 35.9 Å². The third-order valence-corrected chi connectivity index (χ3v) is 4.77. The van der Waals surface area contributed by atoms with Crippen molar-refractivity contribution in [2.75, 3.05) is 12.4 Å². The maximum Gasteiger partial charge on any atom is 0.247 e. The zero-order valence-electron chi connectivity index (χ0n) is 15.8. The molecule has 0 aliphatic rings. The largest absolute Gasteiger partial charge is 0.495 e. The van der Waals surface area contributed by atoms with Gasteiger partial charge in [-0.15, -0.1) is 10.2 Å². The highest BCUT2D eigenvalue weighted by Gasteiger charge is 2.25. The highest BCUT2D eigenvalue weighted by atomic mass is 35.5. The van der Waals surface area contributed by atoms with E-state index in [1.165, 1.54) is 30.3 Å². The smallest absolute Gasteiger partial charge is 0.247 e. The molecule has 0 aliphatic carbocycles. The molecule has 0 radical (unpaired) electrons. The molecule has 30 heavy (non-hydrogen) atoms. The van der Waals surface area contributed by atoms with Crippen LogP contribution < -0.4 is 10.1 Å². The molecule has 4 aromatic rings. The molecule has 5 nitrogen and oxygen atoms in total. The van der Waals surface area contributed by atoms with E-state index in [0.717, 1.165) is 0 Å². The maximum absolute atomic E-state index is 13.6. The van der Waals surface area contributed by atoms with Crippen LogP contribution in [0.5, 0.6) is 5.75 Å². The Kier molecular flexibility index (Phi) is 5.63. The molecule has 3 aromatic carbocycles. The number of anilines is 1. The summed E-state index contributed by atoms with van der Waals surface area (Å²) in [5, 5.41) is 11.6. The molecule has 0 amide bonds. The number of benzene rings is 3. The number of methoxy groups -OCH3 is 1. The van der Waals surface area contributed by atoms with Crippen LogP contribution in [0.15, 0.2) is 71.1 Å². The van der Waals surface area contributed by atoms with Gasteiger partial charge in [-0.25, -0.2) is 8.78 Å². The highest BCUT2D eigenvalue weighted by Crippen LogP contribution is 2.35. The maximum atomic E-state index is 13.6. The molecule has 1 heterocycles. The van der Waals surface area contributed by atoms with Gasteiger partial charge in [0.2, 0.25) is 11.8 Å². The molecule has 0 saturated heterocycles. The second-order valence-electron chi connectivity index (χ2n) is 6.40. The van der Waals surface area contributed by atoms with Gasteiger partial charge < -0.3 is 14.5 Å². The molecule has 8 heteroatoms. The molecular formula is C22H16ClF2N3O2. The second-order valence-corrected chi connectivity index (χ2v) is 6.81. The Labute approximate surface area is 176 Å². The van der Waals surface area contributed by atoms with Gasteiger partial charge in [0.15, 0.2) is 0 Å². The van der Waals surface area contributed by atoms with E-state index in [4.69, 9.17) is 20.8 Å². The Hall–Kier alpha value is -3.45. The van der Waals surface area contributed by atoms with Crippen molar-refractivity contribution in [3.63, 3.8) is 0 Å². The first-order chi connectivity index (χ1) is 14.5. The minimum Gasteiger partial charge on any atom is -0.495 e. The Morgan fingerprint density at radius 3 is 2.53 bits per heavy atom. The van der Waals surface area contributed by atoms with Crippen molar-refractivity contribution in [2.24, 2.45) is 0 Å². The van der Waals surface area contributed by atoms with Crippen LogP contribution in [0.4, 0.5) is 14.5 Å². The summed E-state index contributed by atoms with van der Waals surface area (Å²) in [7, 11) is 1.55. The number of rotatable bonds is 6. The molecule has 1 atom stereocenters. The van der Waals surface area contributed by atoms with E-state index in [9.17, 15) is 8.78 Å². The lowest BCUT2D eigenvalue weighted by Crippen LogP contribution is -2.14. The van der Waals surface area contributed by atoms with Crippen molar-refractivity contribution in [1.82, 2.24) is 10.2 Å². The van der Waals surface area contributed by atoms with Crippen LogP contribution in [0, 0.1) is 11.6 Å². The number of aromatic nitrogens is 2. The molecule has 0 unspecified atom stereocenters. The molecule has 0 fully saturated rings. The van der Waals surface area contributed by atoms with Gasteiger partial charge in [-0.3, -0.25) is 0 Å². The Balaban J connectivity index is 1.77. The van der Waals surface area contributed by atoms with E-state index in [-0.39, 0.29) is 16.8 Å².